The molecule has 4 nitrogen and oxygen atoms in total. The summed E-state index contributed by atoms with van der Waals surface area (Å²) in [7, 11) is 0. The zero-order valence-corrected chi connectivity index (χ0v) is 15.9. The Morgan fingerprint density at radius 2 is 1.96 bits per heavy atom. The quantitative estimate of drug-likeness (QED) is 0.552. The lowest BCUT2D eigenvalue weighted by atomic mass is 10.00. The third kappa shape index (κ3) is 3.12. The van der Waals surface area contributed by atoms with Gasteiger partial charge >= 0.3 is 0 Å². The summed E-state index contributed by atoms with van der Waals surface area (Å²) in [4.78, 5) is 3.56. The Hall–Kier alpha value is -1.69. The summed E-state index contributed by atoms with van der Waals surface area (Å²) in [5.74, 6) is 1.56. The molecule has 0 aliphatic carbocycles. The fourth-order valence-electron chi connectivity index (χ4n) is 3.28. The lowest BCUT2D eigenvalue weighted by Gasteiger charge is -2.06. The van der Waals surface area contributed by atoms with Crippen molar-refractivity contribution in [3.8, 4) is 22.8 Å². The summed E-state index contributed by atoms with van der Waals surface area (Å²) in [5.41, 5.74) is 10.1. The molecule has 0 amide bonds. The van der Waals surface area contributed by atoms with Crippen molar-refractivity contribution in [3.05, 3.63) is 45.4 Å². The molecular weight excluding hydrogens is 404 g/mol. The fourth-order valence-corrected chi connectivity index (χ4v) is 4.19. The average Bonchev–Trinajstić information content (AvgIpc) is 3.19. The molecule has 0 saturated heterocycles. The highest BCUT2D eigenvalue weighted by atomic mass is 79.9. The van der Waals surface area contributed by atoms with Crippen molar-refractivity contribution in [2.45, 2.75) is 19.3 Å². The average molecular weight is 422 g/mol. The molecule has 3 N–H and O–H groups in total. The van der Waals surface area contributed by atoms with Crippen molar-refractivity contribution in [1.82, 2.24) is 4.98 Å². The summed E-state index contributed by atoms with van der Waals surface area (Å²) < 4.78 is 11.9. The van der Waals surface area contributed by atoms with E-state index in [1.54, 1.807) is 0 Å². The van der Waals surface area contributed by atoms with Crippen LogP contribution in [0.1, 0.15) is 18.4 Å². The van der Waals surface area contributed by atoms with Crippen LogP contribution in [0.5, 0.6) is 11.5 Å². The monoisotopic (exact) mass is 420 g/mol. The molecule has 0 fully saturated rings. The number of hydrogen-bond donors (Lipinski definition) is 2. The first-order chi connectivity index (χ1) is 12.2. The molecule has 0 atom stereocenters. The number of ether oxygens (including phenoxy) is 2. The molecule has 1 aliphatic rings. The Balaban J connectivity index is 1.86. The molecule has 1 aliphatic heterocycles. The van der Waals surface area contributed by atoms with Gasteiger partial charge in [0.2, 0.25) is 6.79 Å². The van der Waals surface area contributed by atoms with Gasteiger partial charge in [0.15, 0.2) is 11.5 Å². The molecule has 130 valence electrons. The second kappa shape index (κ2) is 6.90. The van der Waals surface area contributed by atoms with Crippen LogP contribution in [-0.4, -0.2) is 18.3 Å². The summed E-state index contributed by atoms with van der Waals surface area (Å²) in [6.07, 6.45) is 2.97. The number of fused-ring (bicyclic) bond motifs is 2. The van der Waals surface area contributed by atoms with E-state index in [4.69, 9.17) is 26.8 Å². The van der Waals surface area contributed by atoms with Gasteiger partial charge in [0, 0.05) is 26.1 Å². The van der Waals surface area contributed by atoms with Crippen LogP contribution < -0.4 is 15.2 Å². The van der Waals surface area contributed by atoms with Gasteiger partial charge in [-0.3, -0.25) is 0 Å². The number of H-pyrrole nitrogens is 1. The molecular formula is C19H18BrClN2O2. The second-order valence-electron chi connectivity index (χ2n) is 6.10. The van der Waals surface area contributed by atoms with Gasteiger partial charge in [-0.25, -0.2) is 0 Å². The summed E-state index contributed by atoms with van der Waals surface area (Å²) in [6.45, 7) is 0.974. The van der Waals surface area contributed by atoms with Crippen LogP contribution in [0.15, 0.2) is 34.8 Å². The lowest BCUT2D eigenvalue weighted by Crippen LogP contribution is -1.99. The lowest BCUT2D eigenvalue weighted by molar-refractivity contribution is 0.174. The normalized spacial score (nSPS) is 12.9. The SMILES string of the molecule is NCCCCc1c(-c2ccc3c(c2)OCO3)[nH]c2c(Br)cc(Cl)cc12. The van der Waals surface area contributed by atoms with Gasteiger partial charge in [-0.15, -0.1) is 0 Å². The summed E-state index contributed by atoms with van der Waals surface area (Å²) >= 11 is 9.91. The van der Waals surface area contributed by atoms with Crippen LogP contribution in [0.25, 0.3) is 22.2 Å². The number of unbranched alkanes of at least 4 members (excludes halogenated alkanes) is 1. The number of aromatic nitrogens is 1. The van der Waals surface area contributed by atoms with Gasteiger partial charge in [-0.1, -0.05) is 11.6 Å². The second-order valence-corrected chi connectivity index (χ2v) is 7.39. The van der Waals surface area contributed by atoms with E-state index in [0.717, 1.165) is 62.4 Å². The van der Waals surface area contributed by atoms with Crippen LogP contribution in [-0.2, 0) is 6.42 Å². The molecule has 0 bridgehead atoms. The minimum atomic E-state index is 0.274. The Labute approximate surface area is 159 Å². The molecule has 2 heterocycles. The number of rotatable bonds is 5. The van der Waals surface area contributed by atoms with E-state index in [1.165, 1.54) is 5.56 Å². The molecule has 0 saturated carbocycles. The van der Waals surface area contributed by atoms with Crippen molar-refractivity contribution in [3.63, 3.8) is 0 Å². The van der Waals surface area contributed by atoms with E-state index in [0.29, 0.717) is 6.54 Å². The number of nitrogens with one attached hydrogen (secondary N) is 1. The largest absolute Gasteiger partial charge is 0.454 e. The highest BCUT2D eigenvalue weighted by Crippen LogP contribution is 2.40. The highest BCUT2D eigenvalue weighted by molar-refractivity contribution is 9.10. The van der Waals surface area contributed by atoms with E-state index >= 15 is 0 Å². The van der Waals surface area contributed by atoms with Crippen molar-refractivity contribution in [2.75, 3.05) is 13.3 Å². The Morgan fingerprint density at radius 1 is 1.12 bits per heavy atom. The Bertz CT molecular complexity index is 939. The first-order valence-electron chi connectivity index (χ1n) is 8.27. The van der Waals surface area contributed by atoms with Crippen LogP contribution >= 0.6 is 27.5 Å². The van der Waals surface area contributed by atoms with E-state index < -0.39 is 0 Å². The van der Waals surface area contributed by atoms with Crippen molar-refractivity contribution in [2.24, 2.45) is 5.73 Å². The third-order valence-electron chi connectivity index (χ3n) is 4.47. The van der Waals surface area contributed by atoms with E-state index in [9.17, 15) is 0 Å². The van der Waals surface area contributed by atoms with E-state index in [-0.39, 0.29) is 6.79 Å². The van der Waals surface area contributed by atoms with Crippen molar-refractivity contribution in [1.29, 1.82) is 0 Å². The van der Waals surface area contributed by atoms with Gasteiger partial charge in [-0.2, -0.15) is 0 Å². The number of nitrogens with two attached hydrogens (primary N) is 1. The molecule has 2 aromatic carbocycles. The maximum atomic E-state index is 6.29. The number of aromatic amines is 1. The molecule has 0 spiro atoms. The standard InChI is InChI=1S/C19H18BrClN2O2/c20-15-9-12(21)8-14-13(3-1-2-6-22)18(23-19(14)15)11-4-5-16-17(7-11)25-10-24-16/h4-5,7-9,23H,1-3,6,10,22H2. The number of halogens is 2. The van der Waals surface area contributed by atoms with Gasteiger partial charge in [0.1, 0.15) is 0 Å². The third-order valence-corrected chi connectivity index (χ3v) is 5.32. The number of hydrogen-bond acceptors (Lipinski definition) is 3. The Morgan fingerprint density at radius 3 is 2.80 bits per heavy atom. The van der Waals surface area contributed by atoms with Gasteiger partial charge in [0.05, 0.1) is 5.52 Å². The first kappa shape index (κ1) is 16.8. The minimum Gasteiger partial charge on any atom is -0.454 e. The maximum absolute atomic E-state index is 6.29. The molecule has 6 heteroatoms. The summed E-state index contributed by atoms with van der Waals surface area (Å²) in [6, 6.07) is 9.96. The molecule has 0 unspecified atom stereocenters. The molecule has 3 aromatic rings. The van der Waals surface area contributed by atoms with Crippen molar-refractivity contribution >= 4 is 38.4 Å². The van der Waals surface area contributed by atoms with Crippen molar-refractivity contribution < 1.29 is 9.47 Å². The van der Waals surface area contributed by atoms with Crippen LogP contribution in [0.4, 0.5) is 0 Å². The van der Waals surface area contributed by atoms with Crippen LogP contribution in [0, 0.1) is 0 Å². The zero-order chi connectivity index (χ0) is 17.4. The van der Waals surface area contributed by atoms with Gasteiger partial charge < -0.3 is 20.2 Å². The molecule has 1 aromatic heterocycles. The predicted octanol–water partition coefficient (Wildman–Crippen LogP) is 5.26. The van der Waals surface area contributed by atoms with Gasteiger partial charge in [0.25, 0.3) is 0 Å². The fraction of sp³-hybridized carbons (Fsp3) is 0.263. The predicted molar refractivity (Wildman–Crippen MR) is 105 cm³/mol. The van der Waals surface area contributed by atoms with Gasteiger partial charge in [-0.05, 0) is 77.6 Å². The molecule has 25 heavy (non-hydrogen) atoms. The minimum absolute atomic E-state index is 0.274. The topological polar surface area (TPSA) is 60.3 Å². The summed E-state index contributed by atoms with van der Waals surface area (Å²) in [5, 5.41) is 1.86. The number of aryl methyl sites for hydroxylation is 1. The Kier molecular flexibility index (Phi) is 4.63. The van der Waals surface area contributed by atoms with E-state index in [1.807, 2.05) is 24.3 Å². The van der Waals surface area contributed by atoms with Crippen LogP contribution in [0.3, 0.4) is 0 Å². The first-order valence-corrected chi connectivity index (χ1v) is 9.44. The molecule has 4 rings (SSSR count). The maximum Gasteiger partial charge on any atom is 0.231 e. The van der Waals surface area contributed by atoms with E-state index in [2.05, 4.69) is 27.0 Å². The smallest absolute Gasteiger partial charge is 0.231 e. The molecule has 0 radical (unpaired) electrons. The highest BCUT2D eigenvalue weighted by Gasteiger charge is 2.19. The number of benzene rings is 2. The zero-order valence-electron chi connectivity index (χ0n) is 13.6. The van der Waals surface area contributed by atoms with Crippen LogP contribution in [0.2, 0.25) is 5.02 Å².